The summed E-state index contributed by atoms with van der Waals surface area (Å²) >= 11 is 1.53. The minimum absolute atomic E-state index is 0.122. The predicted molar refractivity (Wildman–Crippen MR) is 71.5 cm³/mol. The van der Waals surface area contributed by atoms with E-state index in [0.29, 0.717) is 0 Å². The van der Waals surface area contributed by atoms with E-state index < -0.39 is 5.91 Å². The molecule has 0 radical (unpaired) electrons. The lowest BCUT2D eigenvalue weighted by molar-refractivity contribution is -0.128. The van der Waals surface area contributed by atoms with Crippen LogP contribution in [0.1, 0.15) is 5.01 Å². The Morgan fingerprint density at radius 1 is 1.37 bits per heavy atom. The van der Waals surface area contributed by atoms with Crippen LogP contribution in [0, 0.1) is 0 Å². The van der Waals surface area contributed by atoms with Crippen LogP contribution >= 0.6 is 11.3 Å². The number of rotatable bonds is 6. The van der Waals surface area contributed by atoms with Crippen molar-refractivity contribution in [3.63, 3.8) is 0 Å². The summed E-state index contributed by atoms with van der Waals surface area (Å²) in [5.74, 6) is -0.959. The number of fused-ring (bicyclic) bond motifs is 1. The van der Waals surface area contributed by atoms with Gasteiger partial charge in [0.15, 0.2) is 0 Å². The Bertz CT molecular complexity index is 564. The van der Waals surface area contributed by atoms with E-state index in [0.717, 1.165) is 15.2 Å². The van der Waals surface area contributed by atoms with Crippen LogP contribution in [0.25, 0.3) is 10.2 Å². The van der Waals surface area contributed by atoms with E-state index >= 15 is 0 Å². The van der Waals surface area contributed by atoms with Gasteiger partial charge in [0.05, 0.1) is 23.4 Å². The van der Waals surface area contributed by atoms with Crippen LogP contribution in [-0.4, -0.2) is 29.9 Å². The second-order valence-corrected chi connectivity index (χ2v) is 4.93. The Hall–Kier alpha value is -1.99. The molecule has 0 fully saturated rings. The van der Waals surface area contributed by atoms with E-state index in [4.69, 9.17) is 10.5 Å². The molecule has 0 unspecified atom stereocenters. The molecule has 1 heterocycles. The summed E-state index contributed by atoms with van der Waals surface area (Å²) in [4.78, 5) is 26.1. The van der Waals surface area contributed by atoms with Crippen LogP contribution in [-0.2, 0) is 20.9 Å². The average molecular weight is 279 g/mol. The molecule has 2 amide bonds. The molecule has 0 saturated heterocycles. The highest BCUT2D eigenvalue weighted by atomic mass is 32.1. The molecule has 0 bridgehead atoms. The summed E-state index contributed by atoms with van der Waals surface area (Å²) in [6.45, 7) is -0.0319. The van der Waals surface area contributed by atoms with Gasteiger partial charge in [0.25, 0.3) is 0 Å². The number of nitrogens with two attached hydrogens (primary N) is 1. The predicted octanol–water partition coefficient (Wildman–Crippen LogP) is 0.414. The molecule has 0 aliphatic heterocycles. The third-order valence-corrected chi connectivity index (χ3v) is 3.27. The average Bonchev–Trinajstić information content (AvgIpc) is 2.79. The maximum atomic E-state index is 11.2. The van der Waals surface area contributed by atoms with Crippen molar-refractivity contribution in [2.45, 2.75) is 6.61 Å². The van der Waals surface area contributed by atoms with Crippen LogP contribution in [0.4, 0.5) is 0 Å². The number of nitrogens with zero attached hydrogens (tertiary/aromatic N) is 1. The zero-order valence-corrected chi connectivity index (χ0v) is 10.9. The number of aromatic nitrogens is 1. The fourth-order valence-electron chi connectivity index (χ4n) is 1.45. The van der Waals surface area contributed by atoms with Gasteiger partial charge in [0.2, 0.25) is 11.8 Å². The number of benzene rings is 1. The van der Waals surface area contributed by atoms with Crippen molar-refractivity contribution in [2.75, 3.05) is 13.2 Å². The maximum Gasteiger partial charge on any atom is 0.246 e. The SMILES string of the molecule is NC(=O)CNC(=O)COCc1nc2ccccc2s1. The third kappa shape index (κ3) is 4.01. The first-order chi connectivity index (χ1) is 9.15. The molecule has 19 heavy (non-hydrogen) atoms. The van der Waals surface area contributed by atoms with E-state index in [2.05, 4.69) is 10.3 Å². The van der Waals surface area contributed by atoms with Gasteiger partial charge in [0.1, 0.15) is 11.6 Å². The number of amides is 2. The van der Waals surface area contributed by atoms with Gasteiger partial charge in [-0.3, -0.25) is 9.59 Å². The monoisotopic (exact) mass is 279 g/mol. The molecule has 3 N–H and O–H groups in total. The van der Waals surface area contributed by atoms with Crippen molar-refractivity contribution in [3.8, 4) is 0 Å². The van der Waals surface area contributed by atoms with Crippen LogP contribution in [0.15, 0.2) is 24.3 Å². The Labute approximate surface area is 113 Å². The van der Waals surface area contributed by atoms with Crippen LogP contribution in [0.2, 0.25) is 0 Å². The van der Waals surface area contributed by atoms with Gasteiger partial charge in [-0.25, -0.2) is 4.98 Å². The van der Waals surface area contributed by atoms with Crippen molar-refractivity contribution >= 4 is 33.4 Å². The molecular weight excluding hydrogens is 266 g/mol. The highest BCUT2D eigenvalue weighted by molar-refractivity contribution is 7.18. The first-order valence-corrected chi connectivity index (χ1v) is 6.44. The summed E-state index contributed by atoms with van der Waals surface area (Å²) < 4.78 is 6.31. The van der Waals surface area contributed by atoms with Gasteiger partial charge >= 0.3 is 0 Å². The van der Waals surface area contributed by atoms with Crippen LogP contribution < -0.4 is 11.1 Å². The molecule has 0 spiro atoms. The summed E-state index contributed by atoms with van der Waals surface area (Å²) in [5, 5.41) is 3.15. The summed E-state index contributed by atoms with van der Waals surface area (Å²) in [5.41, 5.74) is 5.82. The van der Waals surface area contributed by atoms with Crippen molar-refractivity contribution in [1.82, 2.24) is 10.3 Å². The van der Waals surface area contributed by atoms with Crippen molar-refractivity contribution < 1.29 is 14.3 Å². The van der Waals surface area contributed by atoms with Crippen molar-refractivity contribution in [2.24, 2.45) is 5.73 Å². The molecule has 1 aromatic carbocycles. The fourth-order valence-corrected chi connectivity index (χ4v) is 2.35. The standard InChI is InChI=1S/C12H13N3O3S/c13-10(16)5-14-11(17)6-18-7-12-15-8-3-1-2-4-9(8)19-12/h1-4H,5-7H2,(H2,13,16)(H,14,17). The minimum atomic E-state index is -0.584. The van der Waals surface area contributed by atoms with E-state index in [1.807, 2.05) is 24.3 Å². The number of nitrogens with one attached hydrogen (secondary N) is 1. The quantitative estimate of drug-likeness (QED) is 0.801. The number of carbonyl (C=O) groups excluding carboxylic acids is 2. The number of thiazole rings is 1. The molecule has 0 saturated carbocycles. The number of hydrogen-bond donors (Lipinski definition) is 2. The van der Waals surface area contributed by atoms with E-state index in [1.54, 1.807) is 0 Å². The molecule has 100 valence electrons. The van der Waals surface area contributed by atoms with Gasteiger partial charge in [-0.2, -0.15) is 0 Å². The zero-order chi connectivity index (χ0) is 13.7. The van der Waals surface area contributed by atoms with Gasteiger partial charge in [-0.05, 0) is 12.1 Å². The van der Waals surface area contributed by atoms with Crippen molar-refractivity contribution in [3.05, 3.63) is 29.3 Å². The second-order valence-electron chi connectivity index (χ2n) is 3.81. The first kappa shape index (κ1) is 13.4. The number of hydrogen-bond acceptors (Lipinski definition) is 5. The van der Waals surface area contributed by atoms with Crippen molar-refractivity contribution in [1.29, 1.82) is 0 Å². The number of ether oxygens (including phenoxy) is 1. The zero-order valence-electron chi connectivity index (χ0n) is 10.1. The molecule has 2 rings (SSSR count). The van der Waals surface area contributed by atoms with Gasteiger partial charge in [-0.15, -0.1) is 11.3 Å². The third-order valence-electron chi connectivity index (χ3n) is 2.26. The molecule has 1 aromatic heterocycles. The highest BCUT2D eigenvalue weighted by Gasteiger charge is 2.06. The molecule has 0 aliphatic carbocycles. The molecule has 2 aromatic rings. The fraction of sp³-hybridized carbons (Fsp3) is 0.250. The van der Waals surface area contributed by atoms with Gasteiger partial charge in [0, 0.05) is 0 Å². The Morgan fingerprint density at radius 3 is 2.89 bits per heavy atom. The minimum Gasteiger partial charge on any atom is -0.368 e. The largest absolute Gasteiger partial charge is 0.368 e. The summed E-state index contributed by atoms with van der Waals surface area (Å²) in [6, 6.07) is 7.78. The van der Waals surface area contributed by atoms with Gasteiger partial charge < -0.3 is 15.8 Å². The van der Waals surface area contributed by atoms with Crippen LogP contribution in [0.5, 0.6) is 0 Å². The lowest BCUT2D eigenvalue weighted by Crippen LogP contribution is -2.35. The first-order valence-electron chi connectivity index (χ1n) is 5.62. The Balaban J connectivity index is 1.79. The van der Waals surface area contributed by atoms with Gasteiger partial charge in [-0.1, -0.05) is 12.1 Å². The maximum absolute atomic E-state index is 11.2. The van der Waals surface area contributed by atoms with E-state index in [9.17, 15) is 9.59 Å². The van der Waals surface area contributed by atoms with Crippen LogP contribution in [0.3, 0.4) is 0 Å². The van der Waals surface area contributed by atoms with E-state index in [-0.39, 0.29) is 25.7 Å². The topological polar surface area (TPSA) is 94.3 Å². The Kier molecular flexibility index (Phi) is 4.43. The normalized spacial score (nSPS) is 10.5. The van der Waals surface area contributed by atoms with E-state index in [1.165, 1.54) is 11.3 Å². The number of para-hydroxylation sites is 1. The number of primary amides is 1. The molecule has 7 heteroatoms. The number of carbonyl (C=O) groups is 2. The molecule has 6 nitrogen and oxygen atoms in total. The molecule has 0 atom stereocenters. The molecule has 0 aliphatic rings. The lowest BCUT2D eigenvalue weighted by atomic mass is 10.3. The highest BCUT2D eigenvalue weighted by Crippen LogP contribution is 2.21. The second kappa shape index (κ2) is 6.26. The molecular formula is C12H13N3O3S. The summed E-state index contributed by atoms with van der Waals surface area (Å²) in [7, 11) is 0. The smallest absolute Gasteiger partial charge is 0.246 e. The Morgan fingerprint density at radius 2 is 2.16 bits per heavy atom. The summed E-state index contributed by atoms with van der Waals surface area (Å²) in [6.07, 6.45) is 0. The lowest BCUT2D eigenvalue weighted by Gasteiger charge is -2.02.